The number of nitrogens with zero attached hydrogens (tertiary/aromatic N) is 3. The number of H-pyrrole nitrogens is 1. The van der Waals surface area contributed by atoms with Crippen LogP contribution in [-0.4, -0.2) is 62.4 Å². The lowest BCUT2D eigenvalue weighted by molar-refractivity contribution is -0.150. The molecule has 7 nitrogen and oxygen atoms in total. The van der Waals surface area contributed by atoms with Crippen molar-refractivity contribution >= 4 is 11.9 Å². The van der Waals surface area contributed by atoms with Crippen molar-refractivity contribution in [3.8, 4) is 0 Å². The second kappa shape index (κ2) is 5.40. The molecule has 0 radical (unpaired) electrons. The molecular formula is C12H18N4O3. The lowest BCUT2D eigenvalue weighted by Crippen LogP contribution is -2.56. The van der Waals surface area contributed by atoms with Gasteiger partial charge >= 0.3 is 5.97 Å². The van der Waals surface area contributed by atoms with Gasteiger partial charge in [0, 0.05) is 25.3 Å². The Hall–Kier alpha value is -1.89. The fraction of sp³-hybridized carbons (Fsp3) is 0.583. The highest BCUT2D eigenvalue weighted by atomic mass is 16.4. The second-order valence-corrected chi connectivity index (χ2v) is 4.77. The van der Waals surface area contributed by atoms with Gasteiger partial charge in [0.1, 0.15) is 6.54 Å². The van der Waals surface area contributed by atoms with Gasteiger partial charge < -0.3 is 15.0 Å². The Kier molecular flexibility index (Phi) is 3.84. The van der Waals surface area contributed by atoms with E-state index in [9.17, 15) is 9.59 Å². The maximum Gasteiger partial charge on any atom is 0.323 e. The second-order valence-electron chi connectivity index (χ2n) is 4.77. The number of hydrogen-bond acceptors (Lipinski definition) is 4. The average Bonchev–Trinajstić information content (AvgIpc) is 2.74. The Labute approximate surface area is 111 Å². The maximum absolute atomic E-state index is 12.1. The topological polar surface area (TPSA) is 89.5 Å². The molecule has 1 atom stereocenters. The molecule has 0 bridgehead atoms. The number of carbonyl (C=O) groups excluding carboxylic acids is 1. The average molecular weight is 266 g/mol. The summed E-state index contributed by atoms with van der Waals surface area (Å²) in [5.41, 5.74) is 1.92. The Morgan fingerprint density at radius 2 is 2.32 bits per heavy atom. The van der Waals surface area contributed by atoms with Crippen LogP contribution in [0.1, 0.15) is 18.3 Å². The molecule has 0 spiro atoms. The van der Waals surface area contributed by atoms with Crippen molar-refractivity contribution in [1.29, 1.82) is 0 Å². The summed E-state index contributed by atoms with van der Waals surface area (Å²) in [5, 5.41) is 8.76. The fourth-order valence-corrected chi connectivity index (χ4v) is 2.25. The number of piperazine rings is 1. The van der Waals surface area contributed by atoms with Gasteiger partial charge in [0.2, 0.25) is 5.91 Å². The summed E-state index contributed by atoms with van der Waals surface area (Å²) in [4.78, 5) is 33.4. The van der Waals surface area contributed by atoms with E-state index in [1.54, 1.807) is 13.3 Å². The third-order valence-electron chi connectivity index (χ3n) is 3.49. The van der Waals surface area contributed by atoms with Crippen LogP contribution >= 0.6 is 0 Å². The summed E-state index contributed by atoms with van der Waals surface area (Å²) >= 11 is 0. The molecule has 0 unspecified atom stereocenters. The van der Waals surface area contributed by atoms with E-state index in [2.05, 4.69) is 9.97 Å². The number of nitrogens with one attached hydrogen (secondary N) is 1. The van der Waals surface area contributed by atoms with Gasteiger partial charge in [-0.05, 0) is 13.8 Å². The predicted octanol–water partition coefficient (Wildman–Crippen LogP) is -0.165. The molecule has 0 aromatic carbocycles. The van der Waals surface area contributed by atoms with Crippen molar-refractivity contribution in [2.75, 3.05) is 19.6 Å². The number of aromatic amines is 1. The van der Waals surface area contributed by atoms with Crippen LogP contribution in [0.4, 0.5) is 0 Å². The van der Waals surface area contributed by atoms with Crippen molar-refractivity contribution in [1.82, 2.24) is 19.8 Å². The molecule has 104 valence electrons. The third-order valence-corrected chi connectivity index (χ3v) is 3.49. The van der Waals surface area contributed by atoms with Crippen LogP contribution in [0.3, 0.4) is 0 Å². The van der Waals surface area contributed by atoms with Gasteiger partial charge in [0.05, 0.1) is 18.1 Å². The monoisotopic (exact) mass is 266 g/mol. The van der Waals surface area contributed by atoms with Crippen LogP contribution in [0.5, 0.6) is 0 Å². The van der Waals surface area contributed by atoms with E-state index in [1.807, 2.05) is 11.8 Å². The lowest BCUT2D eigenvalue weighted by Gasteiger charge is -2.38. The first-order valence-electron chi connectivity index (χ1n) is 6.22. The van der Waals surface area contributed by atoms with Crippen molar-refractivity contribution in [3.05, 3.63) is 17.7 Å². The number of aliphatic carboxylic acids is 1. The molecule has 1 fully saturated rings. The minimum atomic E-state index is -0.975. The standard InChI is InChI=1S/C12H18N4O3/c1-8-10(14-7-13-8)5-15-3-4-16(6-11(17)18)12(19)9(15)2/h7,9H,3-6H2,1-2H3,(H,13,14)(H,17,18)/t9-/m1/s1. The fourth-order valence-electron chi connectivity index (χ4n) is 2.25. The van der Waals surface area contributed by atoms with Crippen molar-refractivity contribution in [2.45, 2.75) is 26.4 Å². The van der Waals surface area contributed by atoms with Gasteiger partial charge in [-0.25, -0.2) is 4.98 Å². The third kappa shape index (κ3) is 2.93. The molecule has 1 aromatic rings. The number of amides is 1. The van der Waals surface area contributed by atoms with Crippen LogP contribution in [0.15, 0.2) is 6.33 Å². The van der Waals surface area contributed by atoms with E-state index >= 15 is 0 Å². The van der Waals surface area contributed by atoms with Gasteiger partial charge in [0.25, 0.3) is 0 Å². The van der Waals surface area contributed by atoms with Gasteiger partial charge in [-0.3, -0.25) is 14.5 Å². The number of aromatic nitrogens is 2. The Balaban J connectivity index is 2.01. The smallest absolute Gasteiger partial charge is 0.323 e. The summed E-state index contributed by atoms with van der Waals surface area (Å²) in [6.07, 6.45) is 1.64. The van der Waals surface area contributed by atoms with Crippen LogP contribution in [0, 0.1) is 6.92 Å². The number of aryl methyl sites for hydroxylation is 1. The van der Waals surface area contributed by atoms with E-state index < -0.39 is 5.97 Å². The van der Waals surface area contributed by atoms with E-state index in [0.717, 1.165) is 11.4 Å². The van der Waals surface area contributed by atoms with Gasteiger partial charge in [-0.15, -0.1) is 0 Å². The Morgan fingerprint density at radius 3 is 2.89 bits per heavy atom. The Morgan fingerprint density at radius 1 is 1.58 bits per heavy atom. The minimum absolute atomic E-state index is 0.137. The van der Waals surface area contributed by atoms with E-state index in [1.165, 1.54) is 4.90 Å². The summed E-state index contributed by atoms with van der Waals surface area (Å²) in [6.45, 7) is 5.22. The first-order valence-corrected chi connectivity index (χ1v) is 6.22. The molecule has 1 aliphatic rings. The van der Waals surface area contributed by atoms with Crippen LogP contribution in [0.25, 0.3) is 0 Å². The number of carbonyl (C=O) groups is 2. The molecule has 1 aliphatic heterocycles. The molecule has 7 heteroatoms. The van der Waals surface area contributed by atoms with E-state index in [-0.39, 0.29) is 18.5 Å². The van der Waals surface area contributed by atoms with Gasteiger partial charge in [0.15, 0.2) is 0 Å². The molecule has 2 rings (SSSR count). The maximum atomic E-state index is 12.1. The molecule has 2 N–H and O–H groups in total. The lowest BCUT2D eigenvalue weighted by atomic mass is 10.1. The normalized spacial score (nSPS) is 20.8. The van der Waals surface area contributed by atoms with Gasteiger partial charge in [-0.2, -0.15) is 0 Å². The highest BCUT2D eigenvalue weighted by Gasteiger charge is 2.32. The SMILES string of the molecule is Cc1[nH]cnc1CN1CCN(CC(=O)O)C(=O)[C@H]1C. The molecule has 1 aromatic heterocycles. The molecule has 0 saturated carbocycles. The number of imidazole rings is 1. The van der Waals surface area contributed by atoms with E-state index in [4.69, 9.17) is 5.11 Å². The van der Waals surface area contributed by atoms with Crippen molar-refractivity contribution < 1.29 is 14.7 Å². The van der Waals surface area contributed by atoms with Crippen LogP contribution < -0.4 is 0 Å². The van der Waals surface area contributed by atoms with Crippen LogP contribution in [-0.2, 0) is 16.1 Å². The molecule has 1 saturated heterocycles. The van der Waals surface area contributed by atoms with Crippen molar-refractivity contribution in [3.63, 3.8) is 0 Å². The first kappa shape index (κ1) is 13.5. The number of carboxylic acid groups (broad SMARTS) is 1. The number of carboxylic acids is 1. The summed E-state index contributed by atoms with van der Waals surface area (Å²) in [6, 6.07) is -0.316. The zero-order valence-corrected chi connectivity index (χ0v) is 11.1. The van der Waals surface area contributed by atoms with Crippen molar-refractivity contribution in [2.24, 2.45) is 0 Å². The molecule has 19 heavy (non-hydrogen) atoms. The zero-order chi connectivity index (χ0) is 14.0. The molecule has 1 amide bonds. The summed E-state index contributed by atoms with van der Waals surface area (Å²) < 4.78 is 0. The number of hydrogen-bond donors (Lipinski definition) is 2. The molecular weight excluding hydrogens is 248 g/mol. The predicted molar refractivity (Wildman–Crippen MR) is 67.4 cm³/mol. The highest BCUT2D eigenvalue weighted by molar-refractivity contribution is 5.85. The molecule has 2 heterocycles. The zero-order valence-electron chi connectivity index (χ0n) is 11.1. The quantitative estimate of drug-likeness (QED) is 0.790. The summed E-state index contributed by atoms with van der Waals surface area (Å²) in [5.74, 6) is -1.11. The molecule has 0 aliphatic carbocycles. The van der Waals surface area contributed by atoms with Crippen LogP contribution in [0.2, 0.25) is 0 Å². The van der Waals surface area contributed by atoms with Gasteiger partial charge in [-0.1, -0.05) is 0 Å². The summed E-state index contributed by atoms with van der Waals surface area (Å²) in [7, 11) is 0. The van der Waals surface area contributed by atoms with E-state index in [0.29, 0.717) is 19.6 Å². The number of rotatable bonds is 4. The Bertz CT molecular complexity index is 485. The first-order chi connectivity index (χ1) is 8.99. The highest BCUT2D eigenvalue weighted by Crippen LogP contribution is 2.15. The largest absolute Gasteiger partial charge is 0.480 e. The minimum Gasteiger partial charge on any atom is -0.480 e.